The van der Waals surface area contributed by atoms with Crippen molar-refractivity contribution in [3.8, 4) is 17.2 Å². The van der Waals surface area contributed by atoms with E-state index in [1.807, 2.05) is 12.1 Å². The van der Waals surface area contributed by atoms with E-state index in [4.69, 9.17) is 32.7 Å². The molecule has 214 valence electrons. The second kappa shape index (κ2) is 11.5. The number of phenols is 1. The number of anilines is 2. The van der Waals surface area contributed by atoms with Crippen LogP contribution in [0, 0.1) is 0 Å². The number of benzene rings is 3. The van der Waals surface area contributed by atoms with Crippen LogP contribution in [0.1, 0.15) is 17.2 Å². The van der Waals surface area contributed by atoms with Gasteiger partial charge in [0.1, 0.15) is 16.5 Å². The Morgan fingerprint density at radius 2 is 1.46 bits per heavy atom. The Bertz CT molecular complexity index is 1520. The van der Waals surface area contributed by atoms with Crippen molar-refractivity contribution in [2.24, 2.45) is 0 Å². The molecule has 41 heavy (non-hydrogen) atoms. The van der Waals surface area contributed by atoms with Crippen molar-refractivity contribution in [1.29, 1.82) is 0 Å². The number of nitrogens with zero attached hydrogens (tertiary/aromatic N) is 3. The van der Waals surface area contributed by atoms with E-state index < -0.39 is 23.5 Å². The fraction of sp³-hybridized carbons (Fsp3) is 0.267. The van der Waals surface area contributed by atoms with Gasteiger partial charge < -0.3 is 29.5 Å². The fourth-order valence-electron chi connectivity index (χ4n) is 5.25. The van der Waals surface area contributed by atoms with Gasteiger partial charge in [0.05, 0.1) is 36.4 Å². The zero-order valence-corrected chi connectivity index (χ0v) is 24.2. The minimum Gasteiger partial charge on any atom is -0.508 e. The lowest BCUT2D eigenvalue weighted by Crippen LogP contribution is -2.44. The minimum absolute atomic E-state index is 0.000966. The maximum Gasteiger partial charge on any atom is 0.300 e. The molecule has 0 aromatic heterocycles. The van der Waals surface area contributed by atoms with E-state index >= 15 is 0 Å². The minimum atomic E-state index is -1.02. The Hall–Kier alpha value is -3.92. The first kappa shape index (κ1) is 28.6. The van der Waals surface area contributed by atoms with Crippen molar-refractivity contribution in [2.75, 3.05) is 57.2 Å². The molecule has 0 aliphatic carbocycles. The average molecular weight is 598 g/mol. The van der Waals surface area contributed by atoms with Crippen LogP contribution in [0.4, 0.5) is 11.4 Å². The van der Waals surface area contributed by atoms with Crippen molar-refractivity contribution < 1.29 is 29.3 Å². The summed E-state index contributed by atoms with van der Waals surface area (Å²) >= 11 is 12.8. The summed E-state index contributed by atoms with van der Waals surface area (Å²) in [7, 11) is 4.82. The summed E-state index contributed by atoms with van der Waals surface area (Å²) in [6, 6.07) is 13.8. The van der Waals surface area contributed by atoms with E-state index in [1.165, 1.54) is 37.3 Å². The Balaban J connectivity index is 1.64. The maximum absolute atomic E-state index is 13.6. The molecule has 1 unspecified atom stereocenters. The topological polar surface area (TPSA) is 103 Å². The van der Waals surface area contributed by atoms with E-state index in [0.29, 0.717) is 11.3 Å². The number of ether oxygens (including phenoxy) is 2. The van der Waals surface area contributed by atoms with Crippen LogP contribution in [0.25, 0.3) is 5.76 Å². The molecular weight excluding hydrogens is 569 g/mol. The highest BCUT2D eigenvalue weighted by molar-refractivity contribution is 6.52. The lowest BCUT2D eigenvalue weighted by atomic mass is 9.94. The summed E-state index contributed by atoms with van der Waals surface area (Å²) in [4.78, 5) is 33.0. The zero-order valence-electron chi connectivity index (χ0n) is 22.7. The van der Waals surface area contributed by atoms with Crippen LogP contribution in [0.5, 0.6) is 17.2 Å². The number of ketones is 1. The second-order valence-electron chi connectivity index (χ2n) is 9.85. The molecule has 9 nitrogen and oxygen atoms in total. The highest BCUT2D eigenvalue weighted by Gasteiger charge is 2.47. The Morgan fingerprint density at radius 1 is 0.878 bits per heavy atom. The number of carbonyl (C=O) groups excluding carboxylic acids is 2. The van der Waals surface area contributed by atoms with E-state index in [1.54, 1.807) is 24.3 Å². The summed E-state index contributed by atoms with van der Waals surface area (Å²) in [5, 5.41) is 21.6. The Labute approximate surface area is 247 Å². The first-order valence-electron chi connectivity index (χ1n) is 12.9. The van der Waals surface area contributed by atoms with E-state index in [2.05, 4.69) is 16.8 Å². The standard InChI is InChI=1S/C30H29Cl2N3O6/c1-33-12-14-34(15-13-33)18-6-8-19(9-7-18)35-25(17-4-10-20(36)11-5-17)23(27(38)30(35)39)26(37)21-16-22(31)29(41-3)24(32)28(21)40-2/h4-11,16,25,36-37H,12-15H2,1-3H3/b26-23+. The molecule has 5 rings (SSSR count). The molecule has 2 aliphatic rings. The summed E-state index contributed by atoms with van der Waals surface area (Å²) < 4.78 is 10.7. The smallest absolute Gasteiger partial charge is 0.300 e. The molecule has 1 amide bonds. The molecule has 0 spiro atoms. The molecule has 2 saturated heterocycles. The first-order valence-corrected chi connectivity index (χ1v) is 13.7. The van der Waals surface area contributed by atoms with Crippen LogP contribution in [0.2, 0.25) is 10.0 Å². The van der Waals surface area contributed by atoms with Crippen molar-refractivity contribution >= 4 is 52.0 Å². The van der Waals surface area contributed by atoms with Gasteiger partial charge >= 0.3 is 0 Å². The first-order chi connectivity index (χ1) is 19.7. The van der Waals surface area contributed by atoms with E-state index in [0.717, 1.165) is 31.9 Å². The van der Waals surface area contributed by atoms with Gasteiger partial charge in [-0.15, -0.1) is 0 Å². The number of hydrogen-bond donors (Lipinski definition) is 2. The lowest BCUT2D eigenvalue weighted by Gasteiger charge is -2.34. The fourth-order valence-corrected chi connectivity index (χ4v) is 5.94. The summed E-state index contributed by atoms with van der Waals surface area (Å²) in [5.41, 5.74) is 1.82. The summed E-state index contributed by atoms with van der Waals surface area (Å²) in [6.45, 7) is 3.64. The van der Waals surface area contributed by atoms with Crippen molar-refractivity contribution in [3.05, 3.63) is 81.3 Å². The third-order valence-corrected chi connectivity index (χ3v) is 8.07. The highest BCUT2D eigenvalue weighted by atomic mass is 35.5. The Kier molecular flexibility index (Phi) is 8.04. The number of piperazine rings is 1. The average Bonchev–Trinajstić information content (AvgIpc) is 3.23. The molecule has 0 saturated carbocycles. The van der Waals surface area contributed by atoms with Crippen LogP contribution in [-0.4, -0.2) is 74.2 Å². The largest absolute Gasteiger partial charge is 0.508 e. The molecule has 0 bridgehead atoms. The summed E-state index contributed by atoms with van der Waals surface area (Å²) in [5.74, 6) is -2.05. The number of halogens is 2. The van der Waals surface area contributed by atoms with Crippen molar-refractivity contribution in [3.63, 3.8) is 0 Å². The number of methoxy groups -OCH3 is 2. The molecule has 2 heterocycles. The van der Waals surface area contributed by atoms with Gasteiger partial charge in [-0.1, -0.05) is 35.3 Å². The predicted octanol–water partition coefficient (Wildman–Crippen LogP) is 5.09. The number of hydrogen-bond acceptors (Lipinski definition) is 8. The van der Waals surface area contributed by atoms with Crippen molar-refractivity contribution in [2.45, 2.75) is 6.04 Å². The van der Waals surface area contributed by atoms with Crippen LogP contribution in [0.3, 0.4) is 0 Å². The molecule has 1 atom stereocenters. The zero-order chi connectivity index (χ0) is 29.4. The third-order valence-electron chi connectivity index (χ3n) is 7.44. The van der Waals surface area contributed by atoms with Gasteiger partial charge in [-0.2, -0.15) is 0 Å². The molecule has 3 aromatic rings. The number of rotatable bonds is 6. The van der Waals surface area contributed by atoms with Crippen LogP contribution >= 0.6 is 23.2 Å². The number of phenolic OH excluding ortho intramolecular Hbond substituents is 1. The number of aliphatic hydroxyl groups excluding tert-OH is 1. The summed E-state index contributed by atoms with van der Waals surface area (Å²) in [6.07, 6.45) is 0. The predicted molar refractivity (Wildman–Crippen MR) is 159 cm³/mol. The van der Waals surface area contributed by atoms with Crippen LogP contribution < -0.4 is 19.3 Å². The Morgan fingerprint density at radius 3 is 2.05 bits per heavy atom. The highest BCUT2D eigenvalue weighted by Crippen LogP contribution is 2.48. The second-order valence-corrected chi connectivity index (χ2v) is 10.6. The molecule has 11 heteroatoms. The molecule has 3 aromatic carbocycles. The van der Waals surface area contributed by atoms with E-state index in [-0.39, 0.29) is 38.4 Å². The SMILES string of the molecule is COc1c(Cl)cc(/C(O)=C2\C(=O)C(=O)N(c3ccc(N4CCN(C)CC4)cc3)C2c2ccc(O)cc2)c(OC)c1Cl. The van der Waals surface area contributed by atoms with Gasteiger partial charge in [0.25, 0.3) is 11.7 Å². The maximum atomic E-state index is 13.6. The number of amides is 1. The molecule has 2 aliphatic heterocycles. The number of aliphatic hydroxyl groups is 1. The number of aromatic hydroxyl groups is 1. The quantitative estimate of drug-likeness (QED) is 0.230. The normalized spacial score (nSPS) is 19.1. The van der Waals surface area contributed by atoms with Gasteiger partial charge in [-0.3, -0.25) is 14.5 Å². The van der Waals surface area contributed by atoms with E-state index in [9.17, 15) is 19.8 Å². The van der Waals surface area contributed by atoms with Gasteiger partial charge in [-0.25, -0.2) is 0 Å². The van der Waals surface area contributed by atoms with Crippen LogP contribution in [-0.2, 0) is 9.59 Å². The monoisotopic (exact) mass is 597 g/mol. The lowest BCUT2D eigenvalue weighted by molar-refractivity contribution is -0.132. The number of carbonyl (C=O) groups is 2. The molecule has 0 radical (unpaired) electrons. The third kappa shape index (κ3) is 5.16. The molecule has 2 fully saturated rings. The number of Topliss-reactive ketones (excluding diaryl/α,β-unsaturated/α-hetero) is 1. The van der Waals surface area contributed by atoms with Gasteiger partial charge in [0.2, 0.25) is 0 Å². The van der Waals surface area contributed by atoms with Crippen LogP contribution in [0.15, 0.2) is 60.2 Å². The molecular formula is C30H29Cl2N3O6. The number of likely N-dealkylation sites (N-methyl/N-ethyl adjacent to an activating group) is 1. The van der Waals surface area contributed by atoms with Crippen molar-refractivity contribution in [1.82, 2.24) is 4.90 Å². The van der Waals surface area contributed by atoms with Gasteiger partial charge in [0, 0.05) is 37.6 Å². The molecule has 2 N–H and O–H groups in total. The van der Waals surface area contributed by atoms with Gasteiger partial charge in [0.15, 0.2) is 11.5 Å². The van der Waals surface area contributed by atoms with Gasteiger partial charge in [-0.05, 0) is 55.1 Å².